The van der Waals surface area contributed by atoms with Crippen molar-refractivity contribution in [3.05, 3.63) is 56.7 Å². The normalized spacial score (nSPS) is 12.0. The van der Waals surface area contributed by atoms with Gasteiger partial charge in [-0.2, -0.15) is 0 Å². The molecule has 0 aliphatic heterocycles. The average Bonchev–Trinajstić information content (AvgIpc) is 3.01. The zero-order chi connectivity index (χ0) is 20.8. The van der Waals surface area contributed by atoms with Gasteiger partial charge < -0.3 is 4.98 Å². The molecular formula is C17H10Br2F4N2O2S. The molecule has 0 amide bonds. The molecule has 28 heavy (non-hydrogen) atoms. The van der Waals surface area contributed by atoms with Crippen molar-refractivity contribution < 1.29 is 26.0 Å². The van der Waals surface area contributed by atoms with Gasteiger partial charge in [-0.15, -0.1) is 0 Å². The number of sulfone groups is 1. The van der Waals surface area contributed by atoms with Crippen LogP contribution in [0.5, 0.6) is 0 Å². The molecule has 2 aromatic carbocycles. The second-order valence-corrected chi connectivity index (χ2v) is 9.48. The van der Waals surface area contributed by atoms with E-state index in [0.717, 1.165) is 12.1 Å². The minimum Gasteiger partial charge on any atom is -0.337 e. The summed E-state index contributed by atoms with van der Waals surface area (Å²) in [6, 6.07) is 6.36. The highest BCUT2D eigenvalue weighted by Crippen LogP contribution is 2.37. The third-order valence-corrected chi connectivity index (χ3v) is 6.79. The Morgan fingerprint density at radius 1 is 1.00 bits per heavy atom. The van der Waals surface area contributed by atoms with E-state index < -0.39 is 38.6 Å². The van der Waals surface area contributed by atoms with Crippen LogP contribution in [0.15, 0.2) is 44.2 Å². The van der Waals surface area contributed by atoms with Gasteiger partial charge >= 0.3 is 0 Å². The third kappa shape index (κ3) is 4.01. The van der Waals surface area contributed by atoms with Gasteiger partial charge in [-0.05, 0) is 56.1 Å². The van der Waals surface area contributed by atoms with E-state index in [1.807, 2.05) is 0 Å². The highest BCUT2D eigenvalue weighted by atomic mass is 79.9. The van der Waals surface area contributed by atoms with Crippen molar-refractivity contribution in [2.75, 3.05) is 6.26 Å². The predicted octanol–water partition coefficient (Wildman–Crippen LogP) is 5.89. The summed E-state index contributed by atoms with van der Waals surface area (Å²) in [5, 5.41) is 0. The van der Waals surface area contributed by atoms with Crippen LogP contribution in [0.25, 0.3) is 22.5 Å². The van der Waals surface area contributed by atoms with E-state index in [2.05, 4.69) is 41.8 Å². The number of aromatic nitrogens is 2. The van der Waals surface area contributed by atoms with Gasteiger partial charge in [0.15, 0.2) is 15.7 Å². The van der Waals surface area contributed by atoms with Gasteiger partial charge in [0.05, 0.1) is 11.4 Å². The summed E-state index contributed by atoms with van der Waals surface area (Å²) in [5.74, 6) is -3.35. The SMILES string of the molecule is CS(=O)(=O)c1c(F)cc(-c2nc(C(F)F)[nH]c2-c2ccc(Br)c(Br)c2)cc1F. The molecule has 1 N–H and O–H groups in total. The lowest BCUT2D eigenvalue weighted by atomic mass is 10.0. The lowest BCUT2D eigenvalue weighted by molar-refractivity contribution is 0.141. The minimum atomic E-state index is -4.15. The summed E-state index contributed by atoms with van der Waals surface area (Å²) in [4.78, 5) is 5.14. The fourth-order valence-corrected chi connectivity index (χ4v) is 4.07. The van der Waals surface area contributed by atoms with E-state index in [4.69, 9.17) is 0 Å². The van der Waals surface area contributed by atoms with Gasteiger partial charge in [-0.25, -0.2) is 31.0 Å². The number of hydrogen-bond acceptors (Lipinski definition) is 3. The first-order valence-corrected chi connectivity index (χ1v) is 11.0. The standard InChI is InChI=1S/C17H10Br2F4N2O2S/c1-28(26,27)15-11(20)5-8(6-12(15)21)14-13(24-17(25-14)16(22)23)7-2-3-9(18)10(19)4-7/h2-6,16H,1H3,(H,24,25). The first-order valence-electron chi connectivity index (χ1n) is 7.52. The molecule has 3 aromatic rings. The topological polar surface area (TPSA) is 62.8 Å². The Morgan fingerprint density at radius 3 is 2.11 bits per heavy atom. The van der Waals surface area contributed by atoms with Crippen LogP contribution in [0.4, 0.5) is 17.6 Å². The molecule has 0 radical (unpaired) electrons. The predicted molar refractivity (Wildman–Crippen MR) is 103 cm³/mol. The molecular weight excluding hydrogens is 532 g/mol. The summed E-state index contributed by atoms with van der Waals surface area (Å²) < 4.78 is 79.4. The first-order chi connectivity index (χ1) is 13.0. The molecule has 0 unspecified atom stereocenters. The maximum Gasteiger partial charge on any atom is 0.295 e. The number of rotatable bonds is 4. The number of hydrogen-bond donors (Lipinski definition) is 1. The molecule has 0 fully saturated rings. The molecule has 148 valence electrons. The molecule has 1 heterocycles. The Kier molecular flexibility index (Phi) is 5.70. The van der Waals surface area contributed by atoms with Crippen molar-refractivity contribution in [2.24, 2.45) is 0 Å². The molecule has 0 aliphatic rings. The summed E-state index contributed by atoms with van der Waals surface area (Å²) in [6.45, 7) is 0. The van der Waals surface area contributed by atoms with E-state index in [0.29, 0.717) is 20.8 Å². The number of nitrogens with zero attached hydrogens (tertiary/aromatic N) is 1. The van der Waals surface area contributed by atoms with Crippen LogP contribution >= 0.6 is 31.9 Å². The fourth-order valence-electron chi connectivity index (χ4n) is 2.62. The van der Waals surface area contributed by atoms with E-state index in [1.54, 1.807) is 18.2 Å². The molecule has 0 atom stereocenters. The lowest BCUT2D eigenvalue weighted by Crippen LogP contribution is -2.05. The number of nitrogens with one attached hydrogen (secondary N) is 1. The smallest absolute Gasteiger partial charge is 0.295 e. The second-order valence-electron chi connectivity index (χ2n) is 5.82. The van der Waals surface area contributed by atoms with Crippen molar-refractivity contribution in [1.29, 1.82) is 0 Å². The largest absolute Gasteiger partial charge is 0.337 e. The molecule has 0 saturated heterocycles. The minimum absolute atomic E-state index is 0.106. The van der Waals surface area contributed by atoms with Crippen LogP contribution in [0, 0.1) is 11.6 Å². The molecule has 0 spiro atoms. The Morgan fingerprint density at radius 2 is 1.61 bits per heavy atom. The zero-order valence-corrected chi connectivity index (χ0v) is 17.9. The van der Waals surface area contributed by atoms with Crippen molar-refractivity contribution >= 4 is 41.7 Å². The van der Waals surface area contributed by atoms with E-state index in [1.165, 1.54) is 0 Å². The molecule has 0 saturated carbocycles. The summed E-state index contributed by atoms with van der Waals surface area (Å²) >= 11 is 6.59. The van der Waals surface area contributed by atoms with Crippen LogP contribution in [-0.2, 0) is 9.84 Å². The maximum atomic E-state index is 14.3. The number of H-pyrrole nitrogens is 1. The molecule has 0 bridgehead atoms. The van der Waals surface area contributed by atoms with E-state index in [-0.39, 0.29) is 17.0 Å². The molecule has 11 heteroatoms. The highest BCUT2D eigenvalue weighted by Gasteiger charge is 2.25. The van der Waals surface area contributed by atoms with Crippen molar-refractivity contribution in [3.63, 3.8) is 0 Å². The Bertz CT molecular complexity index is 1160. The monoisotopic (exact) mass is 540 g/mol. The summed E-state index contributed by atoms with van der Waals surface area (Å²) in [5.41, 5.74) is 0.217. The van der Waals surface area contributed by atoms with Crippen LogP contribution in [0.1, 0.15) is 12.2 Å². The van der Waals surface area contributed by atoms with Crippen molar-refractivity contribution in [1.82, 2.24) is 9.97 Å². The fraction of sp³-hybridized carbons (Fsp3) is 0.118. The summed E-state index contributed by atoms with van der Waals surface area (Å²) in [6.07, 6.45) is -2.28. The van der Waals surface area contributed by atoms with Crippen LogP contribution in [-0.4, -0.2) is 24.6 Å². The quantitative estimate of drug-likeness (QED) is 0.419. The average molecular weight is 542 g/mol. The number of aromatic amines is 1. The van der Waals surface area contributed by atoms with Crippen LogP contribution < -0.4 is 0 Å². The molecule has 4 nitrogen and oxygen atoms in total. The Balaban J connectivity index is 2.26. The molecule has 0 aliphatic carbocycles. The third-order valence-electron chi connectivity index (χ3n) is 3.78. The first kappa shape index (κ1) is 21.0. The molecule has 1 aromatic heterocycles. The highest BCUT2D eigenvalue weighted by molar-refractivity contribution is 9.13. The second kappa shape index (κ2) is 7.60. The maximum absolute atomic E-state index is 14.3. The molecule has 3 rings (SSSR count). The van der Waals surface area contributed by atoms with Crippen LogP contribution in [0.2, 0.25) is 0 Å². The number of imidazole rings is 1. The summed E-state index contributed by atoms with van der Waals surface area (Å²) in [7, 11) is -4.15. The van der Waals surface area contributed by atoms with Gasteiger partial charge in [0.25, 0.3) is 6.43 Å². The van der Waals surface area contributed by atoms with Gasteiger partial charge in [0.2, 0.25) is 0 Å². The van der Waals surface area contributed by atoms with Crippen molar-refractivity contribution in [2.45, 2.75) is 11.3 Å². The van der Waals surface area contributed by atoms with Crippen molar-refractivity contribution in [3.8, 4) is 22.5 Å². The Hall–Kier alpha value is -1.72. The number of halogens is 6. The van der Waals surface area contributed by atoms with E-state index in [9.17, 15) is 26.0 Å². The van der Waals surface area contributed by atoms with Gasteiger partial charge in [-0.3, -0.25) is 0 Å². The van der Waals surface area contributed by atoms with E-state index >= 15 is 0 Å². The lowest BCUT2D eigenvalue weighted by Gasteiger charge is -2.08. The Labute approximate surface area is 174 Å². The van der Waals surface area contributed by atoms with Gasteiger partial charge in [-0.1, -0.05) is 6.07 Å². The number of alkyl halides is 2. The van der Waals surface area contributed by atoms with Gasteiger partial charge in [0, 0.05) is 26.3 Å². The number of benzene rings is 2. The zero-order valence-electron chi connectivity index (χ0n) is 13.9. The van der Waals surface area contributed by atoms with Crippen LogP contribution in [0.3, 0.4) is 0 Å². The van der Waals surface area contributed by atoms with Gasteiger partial charge in [0.1, 0.15) is 16.5 Å².